The van der Waals surface area contributed by atoms with Gasteiger partial charge in [-0.2, -0.15) is 5.10 Å². The zero-order chi connectivity index (χ0) is 9.68. The van der Waals surface area contributed by atoms with Gasteiger partial charge in [0, 0.05) is 12.5 Å². The molecule has 0 radical (unpaired) electrons. The van der Waals surface area contributed by atoms with E-state index < -0.39 is 5.91 Å². The van der Waals surface area contributed by atoms with Crippen molar-refractivity contribution in [1.29, 1.82) is 0 Å². The van der Waals surface area contributed by atoms with Gasteiger partial charge in [-0.15, -0.1) is 0 Å². The summed E-state index contributed by atoms with van der Waals surface area (Å²) in [7, 11) is 0. The number of rotatable bonds is 3. The third-order valence-electron chi connectivity index (χ3n) is 1.31. The molecule has 1 aromatic rings. The quantitative estimate of drug-likeness (QED) is 0.665. The number of amides is 1. The van der Waals surface area contributed by atoms with Gasteiger partial charge in [0.1, 0.15) is 0 Å². The highest BCUT2D eigenvalue weighted by molar-refractivity contribution is 5.76. The predicted octanol–water partition coefficient (Wildman–Crippen LogP) is -0.342. The molecule has 5 heteroatoms. The van der Waals surface area contributed by atoms with Gasteiger partial charge in [0.25, 0.3) is 5.56 Å². The van der Waals surface area contributed by atoms with E-state index >= 15 is 0 Å². The van der Waals surface area contributed by atoms with E-state index in [1.165, 1.54) is 6.07 Å². The number of nitrogens with zero attached hydrogens (tertiary/aromatic N) is 1. The Morgan fingerprint density at radius 1 is 1.62 bits per heavy atom. The van der Waals surface area contributed by atoms with Gasteiger partial charge in [-0.05, 0) is 12.1 Å². The van der Waals surface area contributed by atoms with Crippen LogP contribution in [0, 0.1) is 0 Å². The Kier molecular flexibility index (Phi) is 2.97. The maximum absolute atomic E-state index is 10.6. The number of carbonyl (C=O) groups is 1. The molecule has 68 valence electrons. The molecule has 0 aliphatic rings. The summed E-state index contributed by atoms with van der Waals surface area (Å²) in [5.41, 5.74) is 5.24. The predicted molar refractivity (Wildman–Crippen MR) is 47.7 cm³/mol. The smallest absolute Gasteiger partial charge is 0.264 e. The summed E-state index contributed by atoms with van der Waals surface area (Å²) < 4.78 is 0. The van der Waals surface area contributed by atoms with Gasteiger partial charge in [0.15, 0.2) is 0 Å². The second kappa shape index (κ2) is 4.20. The van der Waals surface area contributed by atoms with Crippen molar-refractivity contribution in [3.05, 3.63) is 34.3 Å². The van der Waals surface area contributed by atoms with E-state index in [-0.39, 0.29) is 12.0 Å². The second-order valence-electron chi connectivity index (χ2n) is 2.42. The van der Waals surface area contributed by atoms with Crippen LogP contribution in [0.3, 0.4) is 0 Å². The fourth-order valence-corrected chi connectivity index (χ4v) is 0.744. The lowest BCUT2D eigenvalue weighted by molar-refractivity contribution is -0.117. The minimum absolute atomic E-state index is 0.167. The third-order valence-corrected chi connectivity index (χ3v) is 1.31. The molecule has 0 unspecified atom stereocenters. The van der Waals surface area contributed by atoms with Crippen LogP contribution in [0.4, 0.5) is 0 Å². The zero-order valence-electron chi connectivity index (χ0n) is 6.86. The molecule has 0 aliphatic heterocycles. The van der Waals surface area contributed by atoms with Crippen molar-refractivity contribution in [2.24, 2.45) is 5.73 Å². The van der Waals surface area contributed by atoms with Crippen molar-refractivity contribution < 1.29 is 4.79 Å². The highest BCUT2D eigenvalue weighted by Crippen LogP contribution is 1.93. The lowest BCUT2D eigenvalue weighted by Gasteiger charge is -1.88. The number of primary amides is 1. The Hall–Kier alpha value is -1.91. The van der Waals surface area contributed by atoms with E-state index in [9.17, 15) is 9.59 Å². The van der Waals surface area contributed by atoms with Gasteiger partial charge in [-0.25, -0.2) is 5.10 Å². The number of aromatic amines is 1. The molecule has 0 atom stereocenters. The van der Waals surface area contributed by atoms with Crippen LogP contribution in [-0.2, 0) is 4.79 Å². The molecule has 1 amide bonds. The third kappa shape index (κ3) is 3.33. The van der Waals surface area contributed by atoms with E-state index in [0.29, 0.717) is 5.69 Å². The lowest BCUT2D eigenvalue weighted by Crippen LogP contribution is -2.08. The minimum atomic E-state index is -0.402. The van der Waals surface area contributed by atoms with Gasteiger partial charge in [-0.1, -0.05) is 6.08 Å². The molecule has 0 aliphatic carbocycles. The van der Waals surface area contributed by atoms with E-state index in [2.05, 4.69) is 10.2 Å². The van der Waals surface area contributed by atoms with Crippen LogP contribution in [0.15, 0.2) is 23.0 Å². The summed E-state index contributed by atoms with van der Waals surface area (Å²) in [6, 6.07) is 2.91. The SMILES string of the molecule is NC(=O)CC=Cc1ccc(=O)[nH]n1. The largest absolute Gasteiger partial charge is 0.369 e. The maximum Gasteiger partial charge on any atom is 0.264 e. The van der Waals surface area contributed by atoms with Gasteiger partial charge in [0.2, 0.25) is 5.91 Å². The maximum atomic E-state index is 10.6. The number of hydrogen-bond donors (Lipinski definition) is 2. The Morgan fingerprint density at radius 2 is 2.38 bits per heavy atom. The molecule has 0 fully saturated rings. The molecule has 3 N–H and O–H groups in total. The molecule has 1 rings (SSSR count). The summed E-state index contributed by atoms with van der Waals surface area (Å²) in [6.07, 6.45) is 3.37. The van der Waals surface area contributed by atoms with E-state index in [4.69, 9.17) is 5.73 Å². The molecule has 0 saturated carbocycles. The zero-order valence-corrected chi connectivity index (χ0v) is 6.86. The molecule has 5 nitrogen and oxygen atoms in total. The first-order chi connectivity index (χ1) is 6.18. The summed E-state index contributed by atoms with van der Waals surface area (Å²) >= 11 is 0. The van der Waals surface area contributed by atoms with Crippen molar-refractivity contribution in [3.8, 4) is 0 Å². The minimum Gasteiger partial charge on any atom is -0.369 e. The molecule has 1 heterocycles. The molecule has 13 heavy (non-hydrogen) atoms. The normalized spacial score (nSPS) is 10.5. The molecule has 0 saturated heterocycles. The van der Waals surface area contributed by atoms with Crippen LogP contribution >= 0.6 is 0 Å². The number of nitrogens with two attached hydrogens (primary N) is 1. The van der Waals surface area contributed by atoms with Crippen LogP contribution in [-0.4, -0.2) is 16.1 Å². The average molecular weight is 179 g/mol. The number of nitrogens with one attached hydrogen (secondary N) is 1. The Bertz CT molecular complexity index is 361. The Balaban J connectivity index is 2.64. The molecule has 1 aromatic heterocycles. The lowest BCUT2D eigenvalue weighted by atomic mass is 10.3. The van der Waals surface area contributed by atoms with E-state index in [1.807, 2.05) is 0 Å². The van der Waals surface area contributed by atoms with Crippen LogP contribution in [0.1, 0.15) is 12.1 Å². The average Bonchev–Trinajstić information content (AvgIpc) is 2.08. The van der Waals surface area contributed by atoms with Gasteiger partial charge in [0.05, 0.1) is 5.69 Å². The van der Waals surface area contributed by atoms with Crippen molar-refractivity contribution >= 4 is 12.0 Å². The Morgan fingerprint density at radius 3 is 2.92 bits per heavy atom. The highest BCUT2D eigenvalue weighted by atomic mass is 16.1. The molecule has 0 bridgehead atoms. The summed E-state index contributed by atoms with van der Waals surface area (Å²) in [4.78, 5) is 20.9. The van der Waals surface area contributed by atoms with Gasteiger partial charge < -0.3 is 5.73 Å². The van der Waals surface area contributed by atoms with Crippen LogP contribution in [0.5, 0.6) is 0 Å². The fourth-order valence-electron chi connectivity index (χ4n) is 0.744. The van der Waals surface area contributed by atoms with Crippen LogP contribution < -0.4 is 11.3 Å². The molecular formula is C8H9N3O2. The molecule has 0 spiro atoms. The van der Waals surface area contributed by atoms with Crippen LogP contribution in [0.2, 0.25) is 0 Å². The van der Waals surface area contributed by atoms with Crippen molar-refractivity contribution in [3.63, 3.8) is 0 Å². The second-order valence-corrected chi connectivity index (χ2v) is 2.42. The van der Waals surface area contributed by atoms with Crippen molar-refractivity contribution in [2.75, 3.05) is 0 Å². The first-order valence-electron chi connectivity index (χ1n) is 3.69. The van der Waals surface area contributed by atoms with Crippen molar-refractivity contribution in [1.82, 2.24) is 10.2 Å². The number of aromatic nitrogens is 2. The fraction of sp³-hybridized carbons (Fsp3) is 0.125. The number of carbonyl (C=O) groups excluding carboxylic acids is 1. The number of hydrogen-bond acceptors (Lipinski definition) is 3. The summed E-state index contributed by atoms with van der Waals surface area (Å²) in [5.74, 6) is -0.402. The molecule has 0 aromatic carbocycles. The monoisotopic (exact) mass is 179 g/mol. The highest BCUT2D eigenvalue weighted by Gasteiger charge is 1.89. The molecular weight excluding hydrogens is 170 g/mol. The van der Waals surface area contributed by atoms with Gasteiger partial charge >= 0.3 is 0 Å². The van der Waals surface area contributed by atoms with E-state index in [0.717, 1.165) is 0 Å². The summed E-state index contributed by atoms with van der Waals surface area (Å²) in [6.45, 7) is 0. The van der Waals surface area contributed by atoms with Crippen LogP contribution in [0.25, 0.3) is 6.08 Å². The standard InChI is InChI=1S/C8H9N3O2/c9-7(12)3-1-2-6-4-5-8(13)11-10-6/h1-2,4-5H,3H2,(H2,9,12)(H,11,13). The van der Waals surface area contributed by atoms with Gasteiger partial charge in [-0.3, -0.25) is 9.59 Å². The van der Waals surface area contributed by atoms with E-state index in [1.54, 1.807) is 18.2 Å². The summed E-state index contributed by atoms with van der Waals surface area (Å²) in [5, 5.41) is 5.96. The topological polar surface area (TPSA) is 88.8 Å². The number of H-pyrrole nitrogens is 1. The first-order valence-corrected chi connectivity index (χ1v) is 3.69. The van der Waals surface area contributed by atoms with Crippen molar-refractivity contribution in [2.45, 2.75) is 6.42 Å². The Labute approximate surface area is 74.3 Å². The first kappa shape index (κ1) is 9.18.